The van der Waals surface area contributed by atoms with E-state index < -0.39 is 0 Å². The van der Waals surface area contributed by atoms with Crippen LogP contribution in [-0.2, 0) is 4.74 Å². The van der Waals surface area contributed by atoms with Gasteiger partial charge < -0.3 is 10.1 Å². The van der Waals surface area contributed by atoms with Crippen LogP contribution in [0.2, 0.25) is 0 Å². The minimum absolute atomic E-state index is 0.350. The highest BCUT2D eigenvalue weighted by molar-refractivity contribution is 5.33. The Labute approximate surface area is 116 Å². The topological polar surface area (TPSA) is 34.1 Å². The largest absolute Gasteiger partial charge is 0.378 e. The molecule has 1 aliphatic rings. The van der Waals surface area contributed by atoms with Crippen molar-refractivity contribution >= 4 is 0 Å². The van der Waals surface area contributed by atoms with E-state index in [9.17, 15) is 0 Å². The van der Waals surface area contributed by atoms with Crippen LogP contribution in [0.25, 0.3) is 0 Å². The van der Waals surface area contributed by atoms with Gasteiger partial charge in [0.1, 0.15) is 0 Å². The van der Waals surface area contributed by atoms with Crippen LogP contribution >= 0.6 is 0 Å². The van der Waals surface area contributed by atoms with E-state index >= 15 is 0 Å². The van der Waals surface area contributed by atoms with Gasteiger partial charge in [0.05, 0.1) is 6.10 Å². The van der Waals surface area contributed by atoms with Crippen molar-refractivity contribution in [2.45, 2.75) is 65.6 Å². The van der Waals surface area contributed by atoms with E-state index in [1.807, 2.05) is 0 Å². The lowest BCUT2D eigenvalue weighted by Gasteiger charge is -2.31. The third-order valence-corrected chi connectivity index (χ3v) is 3.99. The molecule has 3 nitrogen and oxygen atoms in total. The monoisotopic (exact) mass is 262 g/mol. The lowest BCUT2D eigenvalue weighted by molar-refractivity contribution is 0.0115. The van der Waals surface area contributed by atoms with Crippen LogP contribution in [0.4, 0.5) is 0 Å². The second-order valence-electron chi connectivity index (χ2n) is 5.87. The molecule has 3 heteroatoms. The third-order valence-electron chi connectivity index (χ3n) is 3.99. The summed E-state index contributed by atoms with van der Waals surface area (Å²) in [6.45, 7) is 11.6. The Kier molecular flexibility index (Phi) is 4.58. The third kappa shape index (κ3) is 3.54. The molecule has 0 aliphatic carbocycles. The van der Waals surface area contributed by atoms with E-state index in [1.165, 1.54) is 11.1 Å². The Morgan fingerprint density at radius 3 is 2.74 bits per heavy atom. The molecule has 2 rings (SSSR count). The summed E-state index contributed by atoms with van der Waals surface area (Å²) in [4.78, 5) is 4.60. The average Bonchev–Trinajstić information content (AvgIpc) is 2.27. The fourth-order valence-electron chi connectivity index (χ4n) is 3.27. The van der Waals surface area contributed by atoms with Crippen LogP contribution in [0, 0.1) is 20.8 Å². The normalized spacial score (nSPS) is 25.3. The SMILES string of the molecule is Cc1cc(C)c(C(C)NC2CCOC(C)C2)c(C)n1. The Bertz CT molecular complexity index is 421. The first-order chi connectivity index (χ1) is 8.97. The van der Waals surface area contributed by atoms with Crippen molar-refractivity contribution in [3.05, 3.63) is 28.6 Å². The van der Waals surface area contributed by atoms with E-state index in [4.69, 9.17) is 4.74 Å². The minimum atomic E-state index is 0.350. The van der Waals surface area contributed by atoms with Crippen LogP contribution < -0.4 is 5.32 Å². The van der Waals surface area contributed by atoms with Gasteiger partial charge in [-0.2, -0.15) is 0 Å². The summed E-state index contributed by atoms with van der Waals surface area (Å²) in [5.41, 5.74) is 4.94. The standard InChI is InChI=1S/C16H26N2O/c1-10-8-11(2)17-13(4)16(10)14(5)18-15-6-7-19-12(3)9-15/h8,12,14-15,18H,6-7,9H2,1-5H3. The molecule has 106 valence electrons. The van der Waals surface area contributed by atoms with E-state index in [-0.39, 0.29) is 0 Å². The molecular formula is C16H26N2O. The van der Waals surface area contributed by atoms with Crippen molar-refractivity contribution in [3.8, 4) is 0 Å². The number of pyridine rings is 1. The quantitative estimate of drug-likeness (QED) is 0.908. The molecule has 0 bridgehead atoms. The summed E-state index contributed by atoms with van der Waals surface area (Å²) in [6, 6.07) is 3.08. The van der Waals surface area contributed by atoms with Gasteiger partial charge in [-0.1, -0.05) is 0 Å². The zero-order valence-corrected chi connectivity index (χ0v) is 12.8. The number of ether oxygens (including phenoxy) is 1. The van der Waals surface area contributed by atoms with Gasteiger partial charge in [0.2, 0.25) is 0 Å². The number of hydrogen-bond acceptors (Lipinski definition) is 3. The van der Waals surface area contributed by atoms with Gasteiger partial charge in [-0.15, -0.1) is 0 Å². The molecule has 2 heterocycles. The number of nitrogens with one attached hydrogen (secondary N) is 1. The maximum atomic E-state index is 5.61. The van der Waals surface area contributed by atoms with E-state index in [0.29, 0.717) is 18.2 Å². The predicted octanol–water partition coefficient (Wildman–Crippen LogP) is 3.22. The lowest BCUT2D eigenvalue weighted by atomic mass is 9.97. The molecule has 3 atom stereocenters. The molecule has 1 N–H and O–H groups in total. The molecule has 3 unspecified atom stereocenters. The maximum absolute atomic E-state index is 5.61. The number of rotatable bonds is 3. The zero-order valence-electron chi connectivity index (χ0n) is 12.8. The highest BCUT2D eigenvalue weighted by atomic mass is 16.5. The van der Waals surface area contributed by atoms with Crippen LogP contribution in [-0.4, -0.2) is 23.7 Å². The molecule has 0 spiro atoms. The number of hydrogen-bond donors (Lipinski definition) is 1. The second kappa shape index (κ2) is 6.02. The maximum Gasteiger partial charge on any atom is 0.0561 e. The summed E-state index contributed by atoms with van der Waals surface area (Å²) >= 11 is 0. The van der Waals surface area contributed by atoms with E-state index in [1.54, 1.807) is 0 Å². The van der Waals surface area contributed by atoms with Gasteiger partial charge in [-0.3, -0.25) is 4.98 Å². The summed E-state index contributed by atoms with van der Waals surface area (Å²) in [7, 11) is 0. The van der Waals surface area contributed by atoms with Crippen molar-refractivity contribution in [2.75, 3.05) is 6.61 Å². The predicted molar refractivity (Wildman–Crippen MR) is 78.4 cm³/mol. The summed E-state index contributed by atoms with van der Waals surface area (Å²) in [5, 5.41) is 3.75. The van der Waals surface area contributed by atoms with Crippen molar-refractivity contribution in [3.63, 3.8) is 0 Å². The summed E-state index contributed by atoms with van der Waals surface area (Å²) in [5.74, 6) is 0. The van der Waals surface area contributed by atoms with Crippen LogP contribution in [0.1, 0.15) is 55.2 Å². The molecular weight excluding hydrogens is 236 g/mol. The number of nitrogens with zero attached hydrogens (tertiary/aromatic N) is 1. The van der Waals surface area contributed by atoms with Crippen LogP contribution in [0.15, 0.2) is 6.07 Å². The van der Waals surface area contributed by atoms with Crippen molar-refractivity contribution in [1.29, 1.82) is 0 Å². The minimum Gasteiger partial charge on any atom is -0.378 e. The Balaban J connectivity index is 2.09. The molecule has 1 aromatic heterocycles. The first-order valence-corrected chi connectivity index (χ1v) is 7.29. The lowest BCUT2D eigenvalue weighted by Crippen LogP contribution is -2.39. The molecule has 19 heavy (non-hydrogen) atoms. The summed E-state index contributed by atoms with van der Waals surface area (Å²) in [6.07, 6.45) is 2.57. The van der Waals surface area contributed by atoms with Gasteiger partial charge in [-0.25, -0.2) is 0 Å². The molecule has 0 radical (unpaired) electrons. The average molecular weight is 262 g/mol. The first kappa shape index (κ1) is 14.5. The second-order valence-corrected chi connectivity index (χ2v) is 5.87. The highest BCUT2D eigenvalue weighted by Gasteiger charge is 2.22. The Morgan fingerprint density at radius 2 is 2.11 bits per heavy atom. The Hall–Kier alpha value is -0.930. The van der Waals surface area contributed by atoms with Crippen molar-refractivity contribution in [1.82, 2.24) is 10.3 Å². The van der Waals surface area contributed by atoms with Crippen molar-refractivity contribution in [2.24, 2.45) is 0 Å². The van der Waals surface area contributed by atoms with Gasteiger partial charge in [0.15, 0.2) is 0 Å². The van der Waals surface area contributed by atoms with Crippen LogP contribution in [0.3, 0.4) is 0 Å². The van der Waals surface area contributed by atoms with E-state index in [2.05, 4.69) is 51.0 Å². The van der Waals surface area contributed by atoms with Crippen LogP contribution in [0.5, 0.6) is 0 Å². The molecule has 1 fully saturated rings. The van der Waals surface area contributed by atoms with Gasteiger partial charge in [0.25, 0.3) is 0 Å². The number of aromatic nitrogens is 1. The molecule has 1 saturated heterocycles. The smallest absolute Gasteiger partial charge is 0.0561 e. The molecule has 0 amide bonds. The first-order valence-electron chi connectivity index (χ1n) is 7.29. The van der Waals surface area contributed by atoms with Crippen molar-refractivity contribution < 1.29 is 4.74 Å². The molecule has 1 aliphatic heterocycles. The molecule has 0 saturated carbocycles. The van der Waals surface area contributed by atoms with Gasteiger partial charge in [-0.05, 0) is 64.7 Å². The zero-order chi connectivity index (χ0) is 14.0. The molecule has 1 aromatic rings. The fourth-order valence-corrected chi connectivity index (χ4v) is 3.27. The number of aryl methyl sites for hydroxylation is 3. The van der Waals surface area contributed by atoms with Gasteiger partial charge in [0, 0.05) is 30.1 Å². The van der Waals surface area contributed by atoms with Gasteiger partial charge >= 0.3 is 0 Å². The summed E-state index contributed by atoms with van der Waals surface area (Å²) < 4.78 is 5.61. The fraction of sp³-hybridized carbons (Fsp3) is 0.688. The highest BCUT2D eigenvalue weighted by Crippen LogP contribution is 2.24. The Morgan fingerprint density at radius 1 is 1.37 bits per heavy atom. The molecule has 0 aromatic carbocycles. The van der Waals surface area contributed by atoms with E-state index in [0.717, 1.165) is 30.8 Å².